The van der Waals surface area contributed by atoms with E-state index in [1.165, 1.54) is 38.5 Å². The number of carbonyl (C=O) groups excluding carboxylic acids is 1. The lowest BCUT2D eigenvalue weighted by Crippen LogP contribution is -2.38. The predicted molar refractivity (Wildman–Crippen MR) is 90.0 cm³/mol. The first-order valence-corrected chi connectivity index (χ1v) is 9.20. The van der Waals surface area contributed by atoms with Gasteiger partial charge < -0.3 is 9.47 Å². The quantitative estimate of drug-likeness (QED) is 0.407. The van der Waals surface area contributed by atoms with Gasteiger partial charge in [-0.3, -0.25) is 9.69 Å². The molecule has 1 rings (SSSR count). The van der Waals surface area contributed by atoms with Crippen LogP contribution in [0.5, 0.6) is 0 Å². The molecule has 1 aliphatic rings. The van der Waals surface area contributed by atoms with Gasteiger partial charge >= 0.3 is 5.97 Å². The maximum atomic E-state index is 11.9. The second-order valence-corrected chi connectivity index (χ2v) is 6.43. The highest BCUT2D eigenvalue weighted by atomic mass is 16.5. The van der Waals surface area contributed by atoms with E-state index in [0.29, 0.717) is 6.61 Å². The summed E-state index contributed by atoms with van der Waals surface area (Å²) < 4.78 is 10.7. The fraction of sp³-hybridized carbons (Fsp3) is 0.944. The van der Waals surface area contributed by atoms with Gasteiger partial charge in [-0.2, -0.15) is 0 Å². The SMILES string of the molecule is CCCCCCCCCC(C)C(=O)OCCN1CCOCC1. The Kier molecular flexibility index (Phi) is 11.4. The smallest absolute Gasteiger partial charge is 0.308 e. The zero-order valence-electron chi connectivity index (χ0n) is 14.6. The second kappa shape index (κ2) is 12.9. The summed E-state index contributed by atoms with van der Waals surface area (Å²) in [4.78, 5) is 14.2. The molecule has 1 heterocycles. The van der Waals surface area contributed by atoms with Gasteiger partial charge in [0.25, 0.3) is 0 Å². The predicted octanol–water partition coefficient (Wildman–Crippen LogP) is 3.64. The van der Waals surface area contributed by atoms with Gasteiger partial charge in [-0.1, -0.05) is 58.8 Å². The number of hydrogen-bond donors (Lipinski definition) is 0. The molecule has 1 unspecified atom stereocenters. The molecule has 1 aliphatic heterocycles. The minimum Gasteiger partial charge on any atom is -0.464 e. The molecule has 0 saturated carbocycles. The molecule has 0 amide bonds. The average molecular weight is 313 g/mol. The lowest BCUT2D eigenvalue weighted by atomic mass is 10.0. The first-order chi connectivity index (χ1) is 10.7. The Morgan fingerprint density at radius 3 is 2.41 bits per heavy atom. The zero-order valence-corrected chi connectivity index (χ0v) is 14.6. The van der Waals surface area contributed by atoms with Gasteiger partial charge in [-0.15, -0.1) is 0 Å². The van der Waals surface area contributed by atoms with Crippen LogP contribution in [0.4, 0.5) is 0 Å². The Hall–Kier alpha value is -0.610. The van der Waals surface area contributed by atoms with E-state index in [0.717, 1.165) is 45.7 Å². The summed E-state index contributed by atoms with van der Waals surface area (Å²) in [6, 6.07) is 0. The van der Waals surface area contributed by atoms with Crippen LogP contribution in [-0.4, -0.2) is 50.3 Å². The summed E-state index contributed by atoms with van der Waals surface area (Å²) in [7, 11) is 0. The van der Waals surface area contributed by atoms with E-state index in [-0.39, 0.29) is 11.9 Å². The highest BCUT2D eigenvalue weighted by Gasteiger charge is 2.15. The minimum atomic E-state index is -0.0285. The van der Waals surface area contributed by atoms with Crippen molar-refractivity contribution in [3.05, 3.63) is 0 Å². The Morgan fingerprint density at radius 1 is 1.09 bits per heavy atom. The van der Waals surface area contributed by atoms with Crippen molar-refractivity contribution in [2.24, 2.45) is 5.92 Å². The van der Waals surface area contributed by atoms with E-state index in [1.807, 2.05) is 6.92 Å². The third-order valence-corrected chi connectivity index (χ3v) is 4.40. The minimum absolute atomic E-state index is 0.0285. The lowest BCUT2D eigenvalue weighted by molar-refractivity contribution is -0.148. The van der Waals surface area contributed by atoms with Gasteiger partial charge in [0.05, 0.1) is 19.1 Å². The van der Waals surface area contributed by atoms with Gasteiger partial charge in [0.15, 0.2) is 0 Å². The van der Waals surface area contributed by atoms with E-state index < -0.39 is 0 Å². The number of unbranched alkanes of at least 4 members (excludes halogenated alkanes) is 6. The number of nitrogens with zero attached hydrogens (tertiary/aromatic N) is 1. The summed E-state index contributed by atoms with van der Waals surface area (Å²) in [5.74, 6) is 0.0135. The van der Waals surface area contributed by atoms with Gasteiger partial charge in [0.1, 0.15) is 6.61 Å². The Balaban J connectivity index is 1.94. The third kappa shape index (κ3) is 9.42. The molecule has 0 spiro atoms. The first kappa shape index (κ1) is 19.4. The lowest BCUT2D eigenvalue weighted by Gasteiger charge is -2.26. The van der Waals surface area contributed by atoms with Gasteiger partial charge in [0, 0.05) is 19.6 Å². The monoisotopic (exact) mass is 313 g/mol. The zero-order chi connectivity index (χ0) is 16.0. The number of morpholine rings is 1. The fourth-order valence-electron chi connectivity index (χ4n) is 2.77. The molecular weight excluding hydrogens is 278 g/mol. The molecule has 0 aromatic carbocycles. The Labute approximate surface area is 136 Å². The molecule has 130 valence electrons. The van der Waals surface area contributed by atoms with Crippen molar-refractivity contribution >= 4 is 5.97 Å². The molecular formula is C18H35NO3. The van der Waals surface area contributed by atoms with E-state index in [9.17, 15) is 4.79 Å². The number of ether oxygens (including phenoxy) is 2. The summed E-state index contributed by atoms with van der Waals surface area (Å²) >= 11 is 0. The third-order valence-electron chi connectivity index (χ3n) is 4.40. The van der Waals surface area contributed by atoms with E-state index in [1.54, 1.807) is 0 Å². The highest BCUT2D eigenvalue weighted by molar-refractivity contribution is 5.71. The van der Waals surface area contributed by atoms with Gasteiger partial charge in [0.2, 0.25) is 0 Å². The second-order valence-electron chi connectivity index (χ2n) is 6.43. The topological polar surface area (TPSA) is 38.8 Å². The molecule has 0 N–H and O–H groups in total. The molecule has 0 radical (unpaired) electrons. The van der Waals surface area contributed by atoms with Crippen LogP contribution in [0, 0.1) is 5.92 Å². The summed E-state index contributed by atoms with van der Waals surface area (Å²) in [5.41, 5.74) is 0. The van der Waals surface area contributed by atoms with Crippen molar-refractivity contribution in [3.63, 3.8) is 0 Å². The molecule has 0 aliphatic carbocycles. The number of carbonyl (C=O) groups is 1. The number of esters is 1. The maximum absolute atomic E-state index is 11.9. The summed E-state index contributed by atoms with van der Waals surface area (Å²) in [5, 5.41) is 0. The van der Waals surface area contributed by atoms with E-state index >= 15 is 0 Å². The largest absolute Gasteiger partial charge is 0.464 e. The van der Waals surface area contributed by atoms with Gasteiger partial charge in [-0.05, 0) is 6.42 Å². The summed E-state index contributed by atoms with van der Waals surface area (Å²) in [6.45, 7) is 9.07. The van der Waals surface area contributed by atoms with Crippen molar-refractivity contribution < 1.29 is 14.3 Å². The van der Waals surface area contributed by atoms with Crippen molar-refractivity contribution in [1.29, 1.82) is 0 Å². The molecule has 0 bridgehead atoms. The van der Waals surface area contributed by atoms with Crippen molar-refractivity contribution in [3.8, 4) is 0 Å². The van der Waals surface area contributed by atoms with Crippen LogP contribution in [0.3, 0.4) is 0 Å². The van der Waals surface area contributed by atoms with Crippen molar-refractivity contribution in [1.82, 2.24) is 4.90 Å². The molecule has 0 aromatic heterocycles. The summed E-state index contributed by atoms with van der Waals surface area (Å²) in [6.07, 6.45) is 10.0. The van der Waals surface area contributed by atoms with Crippen LogP contribution in [0.1, 0.15) is 65.2 Å². The molecule has 0 aromatic rings. The van der Waals surface area contributed by atoms with Crippen molar-refractivity contribution in [2.45, 2.75) is 65.2 Å². The van der Waals surface area contributed by atoms with Crippen LogP contribution < -0.4 is 0 Å². The van der Waals surface area contributed by atoms with Crippen molar-refractivity contribution in [2.75, 3.05) is 39.5 Å². The fourth-order valence-corrected chi connectivity index (χ4v) is 2.77. The highest BCUT2D eigenvalue weighted by Crippen LogP contribution is 2.13. The van der Waals surface area contributed by atoms with E-state index in [2.05, 4.69) is 11.8 Å². The van der Waals surface area contributed by atoms with Crippen LogP contribution in [0.25, 0.3) is 0 Å². The molecule has 1 atom stereocenters. The van der Waals surface area contributed by atoms with E-state index in [4.69, 9.17) is 9.47 Å². The van der Waals surface area contributed by atoms with Crippen LogP contribution in [0.15, 0.2) is 0 Å². The molecule has 4 nitrogen and oxygen atoms in total. The van der Waals surface area contributed by atoms with Crippen LogP contribution in [0.2, 0.25) is 0 Å². The normalized spacial score (nSPS) is 17.4. The molecule has 4 heteroatoms. The first-order valence-electron chi connectivity index (χ1n) is 9.20. The maximum Gasteiger partial charge on any atom is 0.308 e. The van der Waals surface area contributed by atoms with Crippen LogP contribution in [-0.2, 0) is 14.3 Å². The van der Waals surface area contributed by atoms with Gasteiger partial charge in [-0.25, -0.2) is 0 Å². The number of rotatable bonds is 12. The van der Waals surface area contributed by atoms with Crippen LogP contribution >= 0.6 is 0 Å². The standard InChI is InChI=1S/C18H35NO3/c1-3-4-5-6-7-8-9-10-17(2)18(20)22-16-13-19-11-14-21-15-12-19/h17H,3-16H2,1-2H3. The average Bonchev–Trinajstić information content (AvgIpc) is 2.54. The molecule has 1 fully saturated rings. The Morgan fingerprint density at radius 2 is 1.73 bits per heavy atom. The Bertz CT molecular complexity index is 278. The number of hydrogen-bond acceptors (Lipinski definition) is 4. The molecule has 22 heavy (non-hydrogen) atoms. The molecule has 1 saturated heterocycles.